The lowest BCUT2D eigenvalue weighted by Crippen LogP contribution is -2.27. The van der Waals surface area contributed by atoms with Gasteiger partial charge in [0.05, 0.1) is 11.8 Å². The Morgan fingerprint density at radius 3 is 2.95 bits per heavy atom. The Hall–Kier alpha value is -1.17. The molecular weight excluding hydrogens is 372 g/mol. The van der Waals surface area contributed by atoms with Gasteiger partial charge in [-0.2, -0.15) is 5.10 Å². The molecular formula is C15H12BrClN2OS. The number of benzene rings is 1. The van der Waals surface area contributed by atoms with Crippen molar-refractivity contribution in [2.24, 2.45) is 5.10 Å². The van der Waals surface area contributed by atoms with Crippen LogP contribution in [0.3, 0.4) is 0 Å². The molecule has 1 amide bonds. The molecule has 1 unspecified atom stereocenters. The molecule has 1 atom stereocenters. The fourth-order valence-electron chi connectivity index (χ4n) is 2.35. The zero-order valence-corrected chi connectivity index (χ0v) is 14.2. The standard InChI is InChI=1S/C15H12BrClN2OS/c16-11-4-1-3-10(7-11)12-8-13(14-5-2-6-21-14)19(18-12)15(20)9-17/h1-7,13H,8-9H2. The molecule has 3 nitrogen and oxygen atoms in total. The Labute approximate surface area is 140 Å². The molecule has 1 aliphatic heterocycles. The number of carbonyl (C=O) groups is 1. The zero-order valence-electron chi connectivity index (χ0n) is 11.0. The van der Waals surface area contributed by atoms with Crippen LogP contribution in [0.2, 0.25) is 0 Å². The Kier molecular flexibility index (Phi) is 4.42. The SMILES string of the molecule is O=C(CCl)N1N=C(c2cccc(Br)c2)CC1c1cccs1. The molecule has 108 valence electrons. The van der Waals surface area contributed by atoms with E-state index in [9.17, 15) is 4.79 Å². The van der Waals surface area contributed by atoms with E-state index in [1.165, 1.54) is 5.01 Å². The van der Waals surface area contributed by atoms with Crippen LogP contribution in [0.25, 0.3) is 0 Å². The van der Waals surface area contributed by atoms with Gasteiger partial charge in [-0.05, 0) is 29.1 Å². The Balaban J connectivity index is 1.95. The highest BCUT2D eigenvalue weighted by atomic mass is 79.9. The maximum atomic E-state index is 12.0. The second-order valence-electron chi connectivity index (χ2n) is 4.66. The zero-order chi connectivity index (χ0) is 14.8. The van der Waals surface area contributed by atoms with Gasteiger partial charge in [-0.3, -0.25) is 4.79 Å². The number of rotatable bonds is 3. The molecule has 1 aromatic heterocycles. The van der Waals surface area contributed by atoms with Crippen LogP contribution in [0.1, 0.15) is 22.9 Å². The first-order chi connectivity index (χ1) is 10.2. The molecule has 1 aliphatic rings. The summed E-state index contributed by atoms with van der Waals surface area (Å²) in [5, 5.41) is 8.04. The monoisotopic (exact) mass is 382 g/mol. The van der Waals surface area contributed by atoms with Crippen LogP contribution >= 0.6 is 38.9 Å². The molecule has 6 heteroatoms. The molecule has 2 aromatic rings. The van der Waals surface area contributed by atoms with Gasteiger partial charge < -0.3 is 0 Å². The van der Waals surface area contributed by atoms with Gasteiger partial charge in [0.25, 0.3) is 5.91 Å². The number of carbonyl (C=O) groups excluding carboxylic acids is 1. The predicted octanol–water partition coefficient (Wildman–Crippen LogP) is 4.43. The summed E-state index contributed by atoms with van der Waals surface area (Å²) in [6, 6.07) is 11.9. The normalized spacial score (nSPS) is 17.9. The molecule has 0 saturated carbocycles. The highest BCUT2D eigenvalue weighted by molar-refractivity contribution is 9.10. The lowest BCUT2D eigenvalue weighted by Gasteiger charge is -2.19. The third-order valence-corrected chi connectivity index (χ3v) is 5.01. The van der Waals surface area contributed by atoms with Crippen LogP contribution in [0.15, 0.2) is 51.4 Å². The van der Waals surface area contributed by atoms with Crippen LogP contribution in [-0.4, -0.2) is 22.5 Å². The number of amides is 1. The molecule has 0 aliphatic carbocycles. The summed E-state index contributed by atoms with van der Waals surface area (Å²) < 4.78 is 0.998. The minimum absolute atomic E-state index is 0.0507. The summed E-state index contributed by atoms with van der Waals surface area (Å²) in [5.41, 5.74) is 1.93. The fourth-order valence-corrected chi connectivity index (χ4v) is 3.68. The number of hydrazone groups is 1. The Morgan fingerprint density at radius 1 is 1.43 bits per heavy atom. The number of hydrogen-bond acceptors (Lipinski definition) is 3. The quantitative estimate of drug-likeness (QED) is 0.722. The highest BCUT2D eigenvalue weighted by Gasteiger charge is 2.33. The first-order valence-electron chi connectivity index (χ1n) is 6.44. The van der Waals surface area contributed by atoms with Crippen LogP contribution in [0.4, 0.5) is 0 Å². The fraction of sp³-hybridized carbons (Fsp3) is 0.200. The highest BCUT2D eigenvalue weighted by Crippen LogP contribution is 2.35. The minimum atomic E-state index is -0.167. The molecule has 1 aromatic carbocycles. The maximum absolute atomic E-state index is 12.0. The number of nitrogens with zero attached hydrogens (tertiary/aromatic N) is 2. The van der Waals surface area contributed by atoms with Gasteiger partial charge in [-0.15, -0.1) is 22.9 Å². The summed E-state index contributed by atoms with van der Waals surface area (Å²) >= 11 is 10.8. The van der Waals surface area contributed by atoms with Gasteiger partial charge in [-0.25, -0.2) is 5.01 Å². The van der Waals surface area contributed by atoms with Gasteiger partial charge in [0.2, 0.25) is 0 Å². The first kappa shape index (κ1) is 14.8. The van der Waals surface area contributed by atoms with E-state index < -0.39 is 0 Å². The summed E-state index contributed by atoms with van der Waals surface area (Å²) in [6.07, 6.45) is 0.708. The van der Waals surface area contributed by atoms with E-state index in [-0.39, 0.29) is 17.8 Å². The second kappa shape index (κ2) is 6.30. The summed E-state index contributed by atoms with van der Waals surface area (Å²) in [4.78, 5) is 13.2. The lowest BCUT2D eigenvalue weighted by atomic mass is 10.0. The third-order valence-electron chi connectivity index (χ3n) is 3.31. The van der Waals surface area contributed by atoms with Crippen molar-refractivity contribution < 1.29 is 4.79 Å². The average Bonchev–Trinajstić information content (AvgIpc) is 3.15. The van der Waals surface area contributed by atoms with Crippen LogP contribution in [0.5, 0.6) is 0 Å². The van der Waals surface area contributed by atoms with Crippen molar-refractivity contribution >= 4 is 50.5 Å². The van der Waals surface area contributed by atoms with E-state index in [0.29, 0.717) is 6.42 Å². The van der Waals surface area contributed by atoms with Gasteiger partial charge in [-0.1, -0.05) is 34.1 Å². The van der Waals surface area contributed by atoms with E-state index in [2.05, 4.69) is 21.0 Å². The molecule has 2 heterocycles. The van der Waals surface area contributed by atoms with Crippen molar-refractivity contribution in [3.05, 3.63) is 56.7 Å². The molecule has 0 spiro atoms. The van der Waals surface area contributed by atoms with Crippen molar-refractivity contribution in [2.75, 3.05) is 5.88 Å². The van der Waals surface area contributed by atoms with Crippen LogP contribution in [-0.2, 0) is 4.79 Å². The second-order valence-corrected chi connectivity index (χ2v) is 6.83. The van der Waals surface area contributed by atoms with E-state index in [1.54, 1.807) is 11.3 Å². The molecule has 0 N–H and O–H groups in total. The molecule has 0 radical (unpaired) electrons. The topological polar surface area (TPSA) is 32.7 Å². The Bertz CT molecular complexity index is 687. The van der Waals surface area contributed by atoms with Crippen molar-refractivity contribution in [1.82, 2.24) is 5.01 Å². The maximum Gasteiger partial charge on any atom is 0.258 e. The smallest absolute Gasteiger partial charge is 0.258 e. The van der Waals surface area contributed by atoms with Crippen molar-refractivity contribution in [1.29, 1.82) is 0 Å². The molecule has 0 saturated heterocycles. The molecule has 3 rings (SSSR count). The number of thiophene rings is 1. The van der Waals surface area contributed by atoms with Gasteiger partial charge in [0.1, 0.15) is 5.88 Å². The summed E-state index contributed by atoms with van der Waals surface area (Å²) in [7, 11) is 0. The summed E-state index contributed by atoms with van der Waals surface area (Å²) in [5.74, 6) is -0.225. The average molecular weight is 384 g/mol. The van der Waals surface area contributed by atoms with Crippen LogP contribution < -0.4 is 0 Å². The third kappa shape index (κ3) is 3.05. The van der Waals surface area contributed by atoms with E-state index >= 15 is 0 Å². The van der Waals surface area contributed by atoms with Gasteiger partial charge in [0.15, 0.2) is 0 Å². The first-order valence-corrected chi connectivity index (χ1v) is 8.64. The predicted molar refractivity (Wildman–Crippen MR) is 89.9 cm³/mol. The number of alkyl halides is 1. The van der Waals surface area contributed by atoms with E-state index in [0.717, 1.165) is 20.6 Å². The van der Waals surface area contributed by atoms with E-state index in [1.807, 2.05) is 41.8 Å². The number of hydrogen-bond donors (Lipinski definition) is 0. The lowest BCUT2D eigenvalue weighted by molar-refractivity contribution is -0.130. The molecule has 0 bridgehead atoms. The largest absolute Gasteiger partial charge is 0.272 e. The van der Waals surface area contributed by atoms with E-state index in [4.69, 9.17) is 11.6 Å². The molecule has 21 heavy (non-hydrogen) atoms. The number of halogens is 2. The van der Waals surface area contributed by atoms with Gasteiger partial charge >= 0.3 is 0 Å². The van der Waals surface area contributed by atoms with Crippen molar-refractivity contribution in [3.8, 4) is 0 Å². The Morgan fingerprint density at radius 2 is 2.29 bits per heavy atom. The van der Waals surface area contributed by atoms with Crippen molar-refractivity contribution in [2.45, 2.75) is 12.5 Å². The molecule has 0 fully saturated rings. The van der Waals surface area contributed by atoms with Crippen molar-refractivity contribution in [3.63, 3.8) is 0 Å². The van der Waals surface area contributed by atoms with Gasteiger partial charge in [0, 0.05) is 15.8 Å². The van der Waals surface area contributed by atoms with Crippen LogP contribution in [0, 0.1) is 0 Å². The minimum Gasteiger partial charge on any atom is -0.272 e. The summed E-state index contributed by atoms with van der Waals surface area (Å²) in [6.45, 7) is 0.